The third-order valence-corrected chi connectivity index (χ3v) is 2.90. The second-order valence-electron chi connectivity index (χ2n) is 4.19. The zero-order valence-electron chi connectivity index (χ0n) is 11.0. The number of hydrogen-bond donors (Lipinski definition) is 1. The number of anilines is 1. The summed E-state index contributed by atoms with van der Waals surface area (Å²) < 4.78 is 9.82. The molecule has 1 aliphatic heterocycles. The molecule has 0 spiro atoms. The van der Waals surface area contributed by atoms with Gasteiger partial charge in [0.1, 0.15) is 5.69 Å². The summed E-state index contributed by atoms with van der Waals surface area (Å²) in [5.41, 5.74) is 3.38. The van der Waals surface area contributed by atoms with Crippen LogP contribution in [-0.2, 0) is 9.47 Å². The topological polar surface area (TPSA) is 93.9 Å². The smallest absolute Gasteiger partial charge is 0.337 e. The maximum Gasteiger partial charge on any atom is 0.337 e. The molecule has 0 aromatic heterocycles. The number of rotatable bonds is 4. The summed E-state index contributed by atoms with van der Waals surface area (Å²) in [5.74, 6) is -0.537. The number of methoxy groups -OCH3 is 1. The second kappa shape index (κ2) is 6.31. The van der Waals surface area contributed by atoms with Crippen molar-refractivity contribution in [2.24, 2.45) is 0 Å². The van der Waals surface area contributed by atoms with Crippen molar-refractivity contribution in [2.45, 2.75) is 0 Å². The van der Waals surface area contributed by atoms with E-state index in [1.54, 1.807) is 0 Å². The van der Waals surface area contributed by atoms with E-state index in [9.17, 15) is 14.9 Å². The van der Waals surface area contributed by atoms with Crippen molar-refractivity contribution >= 4 is 17.3 Å². The highest BCUT2D eigenvalue weighted by Gasteiger charge is 2.20. The molecule has 20 heavy (non-hydrogen) atoms. The lowest BCUT2D eigenvalue weighted by Gasteiger charge is -2.27. The largest absolute Gasteiger partial charge is 0.465 e. The molecule has 0 atom stereocenters. The van der Waals surface area contributed by atoms with E-state index >= 15 is 0 Å². The van der Waals surface area contributed by atoms with Gasteiger partial charge in [-0.1, -0.05) is 0 Å². The van der Waals surface area contributed by atoms with E-state index < -0.39 is 10.9 Å². The fourth-order valence-electron chi connectivity index (χ4n) is 1.88. The minimum Gasteiger partial charge on any atom is -0.465 e. The van der Waals surface area contributed by atoms with Gasteiger partial charge in [0, 0.05) is 19.2 Å². The fourth-order valence-corrected chi connectivity index (χ4v) is 1.88. The lowest BCUT2D eigenvalue weighted by atomic mass is 10.2. The molecule has 0 saturated carbocycles. The Morgan fingerprint density at radius 1 is 1.45 bits per heavy atom. The van der Waals surface area contributed by atoms with Crippen LogP contribution < -0.4 is 5.43 Å². The highest BCUT2D eigenvalue weighted by atomic mass is 16.6. The first-order chi connectivity index (χ1) is 9.61. The molecule has 108 valence electrons. The molecule has 1 aromatic rings. The van der Waals surface area contributed by atoms with Crippen LogP contribution >= 0.6 is 0 Å². The van der Waals surface area contributed by atoms with Crippen molar-refractivity contribution in [2.75, 3.05) is 38.8 Å². The maximum absolute atomic E-state index is 11.5. The van der Waals surface area contributed by atoms with Crippen LogP contribution in [0, 0.1) is 10.1 Å². The third kappa shape index (κ3) is 3.22. The molecule has 0 bridgehead atoms. The number of hydrogen-bond acceptors (Lipinski definition) is 7. The summed E-state index contributed by atoms with van der Waals surface area (Å²) in [6.45, 7) is 2.33. The normalized spacial score (nSPS) is 15.7. The summed E-state index contributed by atoms with van der Waals surface area (Å²) in [5, 5.41) is 12.8. The van der Waals surface area contributed by atoms with Gasteiger partial charge in [-0.3, -0.25) is 10.1 Å². The molecule has 2 rings (SSSR count). The van der Waals surface area contributed by atoms with Gasteiger partial charge in [-0.25, -0.2) is 9.80 Å². The van der Waals surface area contributed by atoms with Crippen LogP contribution in [0.3, 0.4) is 0 Å². The van der Waals surface area contributed by atoms with Gasteiger partial charge in [-0.15, -0.1) is 0 Å². The van der Waals surface area contributed by atoms with Crippen LogP contribution in [-0.4, -0.2) is 49.3 Å². The minimum absolute atomic E-state index is 0.0934. The van der Waals surface area contributed by atoms with Crippen LogP contribution in [0.2, 0.25) is 0 Å². The number of benzene rings is 1. The Kier molecular flexibility index (Phi) is 4.49. The highest BCUT2D eigenvalue weighted by molar-refractivity contribution is 5.91. The first kappa shape index (κ1) is 14.2. The summed E-state index contributed by atoms with van der Waals surface area (Å²) in [6.07, 6.45) is 0. The molecule has 0 unspecified atom stereocenters. The number of nitrogens with one attached hydrogen (secondary N) is 1. The van der Waals surface area contributed by atoms with E-state index in [0.29, 0.717) is 26.3 Å². The van der Waals surface area contributed by atoms with Crippen molar-refractivity contribution in [3.05, 3.63) is 33.9 Å². The van der Waals surface area contributed by atoms with Gasteiger partial charge in [0.05, 0.1) is 30.8 Å². The number of hydrazine groups is 1. The van der Waals surface area contributed by atoms with Gasteiger partial charge in [0.15, 0.2) is 0 Å². The Morgan fingerprint density at radius 3 is 2.75 bits per heavy atom. The van der Waals surface area contributed by atoms with Crippen LogP contribution in [0.25, 0.3) is 0 Å². The zero-order valence-corrected chi connectivity index (χ0v) is 11.0. The highest BCUT2D eigenvalue weighted by Crippen LogP contribution is 2.26. The molecule has 0 aliphatic carbocycles. The van der Waals surface area contributed by atoms with Crippen LogP contribution in [0.1, 0.15) is 10.4 Å². The molecule has 8 nitrogen and oxygen atoms in total. The Labute approximate surface area is 115 Å². The Bertz CT molecular complexity index is 514. The fraction of sp³-hybridized carbons (Fsp3) is 0.417. The van der Waals surface area contributed by atoms with Gasteiger partial charge in [-0.05, 0) is 12.1 Å². The van der Waals surface area contributed by atoms with E-state index in [4.69, 9.17) is 4.74 Å². The van der Waals surface area contributed by atoms with E-state index in [1.165, 1.54) is 25.3 Å². The van der Waals surface area contributed by atoms with Crippen molar-refractivity contribution in [3.8, 4) is 0 Å². The quantitative estimate of drug-likeness (QED) is 0.500. The monoisotopic (exact) mass is 281 g/mol. The van der Waals surface area contributed by atoms with Gasteiger partial charge >= 0.3 is 5.97 Å². The van der Waals surface area contributed by atoms with E-state index in [-0.39, 0.29) is 16.9 Å². The number of carbonyl (C=O) groups excluding carboxylic acids is 1. The number of ether oxygens (including phenoxy) is 2. The molecule has 1 aliphatic rings. The molecule has 0 amide bonds. The second-order valence-corrected chi connectivity index (χ2v) is 4.19. The molecule has 1 fully saturated rings. The number of morpholine rings is 1. The van der Waals surface area contributed by atoms with Gasteiger partial charge < -0.3 is 14.9 Å². The van der Waals surface area contributed by atoms with Crippen LogP contribution in [0.5, 0.6) is 0 Å². The van der Waals surface area contributed by atoms with E-state index in [1.807, 2.05) is 5.01 Å². The molecule has 1 N–H and O–H groups in total. The number of carbonyl (C=O) groups is 1. The molecular formula is C12H15N3O5. The Balaban J connectivity index is 2.26. The molecule has 1 heterocycles. The van der Waals surface area contributed by atoms with E-state index in [2.05, 4.69) is 10.2 Å². The van der Waals surface area contributed by atoms with Crippen LogP contribution in [0.4, 0.5) is 11.4 Å². The lowest BCUT2D eigenvalue weighted by Crippen LogP contribution is -2.40. The number of nitro benzene ring substituents is 1. The Hall–Kier alpha value is -2.19. The number of nitro groups is 1. The first-order valence-electron chi connectivity index (χ1n) is 6.08. The first-order valence-corrected chi connectivity index (χ1v) is 6.08. The maximum atomic E-state index is 11.5. The predicted octanol–water partition coefficient (Wildman–Crippen LogP) is 1.04. The summed E-state index contributed by atoms with van der Waals surface area (Å²) >= 11 is 0. The van der Waals surface area contributed by atoms with E-state index in [0.717, 1.165) is 0 Å². The van der Waals surface area contributed by atoms with Crippen molar-refractivity contribution in [1.82, 2.24) is 5.01 Å². The summed E-state index contributed by atoms with van der Waals surface area (Å²) in [4.78, 5) is 22.0. The van der Waals surface area contributed by atoms with Crippen molar-refractivity contribution in [3.63, 3.8) is 0 Å². The average molecular weight is 281 g/mol. The number of nitrogens with zero attached hydrogens (tertiary/aromatic N) is 2. The molecule has 1 aromatic carbocycles. The van der Waals surface area contributed by atoms with Gasteiger partial charge in [-0.2, -0.15) is 0 Å². The molecule has 8 heteroatoms. The summed E-state index contributed by atoms with van der Waals surface area (Å²) in [6, 6.07) is 4.07. The predicted molar refractivity (Wildman–Crippen MR) is 70.5 cm³/mol. The average Bonchev–Trinajstić information content (AvgIpc) is 2.47. The SMILES string of the molecule is COC(=O)c1ccc([N+](=O)[O-])c(NN2CCOCC2)c1. The van der Waals surface area contributed by atoms with Crippen molar-refractivity contribution < 1.29 is 19.2 Å². The standard InChI is InChI=1S/C12H15N3O5/c1-19-12(16)9-2-3-11(15(17)18)10(8-9)13-14-4-6-20-7-5-14/h2-3,8,13H,4-7H2,1H3. The van der Waals surface area contributed by atoms with Crippen molar-refractivity contribution in [1.29, 1.82) is 0 Å². The number of esters is 1. The zero-order chi connectivity index (χ0) is 14.5. The lowest BCUT2D eigenvalue weighted by molar-refractivity contribution is -0.384. The molecular weight excluding hydrogens is 266 g/mol. The minimum atomic E-state index is -0.537. The van der Waals surface area contributed by atoms with Gasteiger partial charge in [0.2, 0.25) is 0 Å². The van der Waals surface area contributed by atoms with Gasteiger partial charge in [0.25, 0.3) is 5.69 Å². The Morgan fingerprint density at radius 2 is 2.15 bits per heavy atom. The molecule has 1 saturated heterocycles. The van der Waals surface area contributed by atoms with Crippen LogP contribution in [0.15, 0.2) is 18.2 Å². The summed E-state index contributed by atoms with van der Waals surface area (Å²) in [7, 11) is 1.26. The third-order valence-electron chi connectivity index (χ3n) is 2.90. The molecule has 0 radical (unpaired) electrons.